The second kappa shape index (κ2) is 9.20. The Morgan fingerprint density at radius 1 is 1.04 bits per heavy atom. The molecule has 3 aromatic rings. The Hall–Kier alpha value is -2.84. The van der Waals surface area contributed by atoms with Gasteiger partial charge in [-0.3, -0.25) is 20.5 Å². The van der Waals surface area contributed by atoms with Gasteiger partial charge >= 0.3 is 6.03 Å². The van der Waals surface area contributed by atoms with Gasteiger partial charge in [0.25, 0.3) is 0 Å². The molecule has 2 N–H and O–H groups in total. The van der Waals surface area contributed by atoms with Crippen molar-refractivity contribution < 1.29 is 4.79 Å². The second-order valence-corrected chi connectivity index (χ2v) is 6.69. The molecule has 8 heteroatoms. The summed E-state index contributed by atoms with van der Waals surface area (Å²) in [5.41, 5.74) is 1.89. The van der Waals surface area contributed by atoms with Crippen molar-refractivity contribution in [3.63, 3.8) is 0 Å². The summed E-state index contributed by atoms with van der Waals surface area (Å²) in [4.78, 5) is 27.5. The summed E-state index contributed by atoms with van der Waals surface area (Å²) in [5, 5.41) is 8.14. The minimum Gasteiger partial charge on any atom is -0.298 e. The third kappa shape index (κ3) is 5.32. The highest BCUT2D eigenvalue weighted by Crippen LogP contribution is 2.25. The van der Waals surface area contributed by atoms with E-state index in [9.17, 15) is 4.79 Å². The maximum absolute atomic E-state index is 12.3. The molecule has 27 heavy (non-hydrogen) atoms. The zero-order chi connectivity index (χ0) is 19.1. The summed E-state index contributed by atoms with van der Waals surface area (Å²) in [7, 11) is 0. The van der Waals surface area contributed by atoms with Crippen molar-refractivity contribution in [1.82, 2.24) is 19.9 Å². The maximum Gasteiger partial charge on any atom is 0.326 e. The number of aromatic nitrogens is 3. The van der Waals surface area contributed by atoms with Crippen molar-refractivity contribution >= 4 is 29.0 Å². The van der Waals surface area contributed by atoms with Crippen LogP contribution in [0.4, 0.5) is 16.4 Å². The van der Waals surface area contributed by atoms with E-state index in [0.29, 0.717) is 11.6 Å². The molecule has 0 fully saturated rings. The average molecular weight is 382 g/mol. The van der Waals surface area contributed by atoms with E-state index in [4.69, 9.17) is 0 Å². The van der Waals surface area contributed by atoms with Gasteiger partial charge in [0.05, 0.1) is 5.69 Å². The molecule has 7 nitrogen and oxygen atoms in total. The maximum atomic E-state index is 12.3. The molecule has 0 aromatic carbocycles. The quantitative estimate of drug-likeness (QED) is 0.643. The lowest BCUT2D eigenvalue weighted by Crippen LogP contribution is -2.23. The molecule has 0 aliphatic rings. The summed E-state index contributed by atoms with van der Waals surface area (Å²) in [6.07, 6.45) is 3.43. The Balaban J connectivity index is 1.60. The molecule has 0 radical (unpaired) electrons. The molecule has 0 aliphatic heterocycles. The molecular formula is C19H22N6OS. The number of carbonyl (C=O) groups excluding carboxylic acids is 1. The van der Waals surface area contributed by atoms with E-state index in [-0.39, 0.29) is 6.03 Å². The Morgan fingerprint density at radius 2 is 1.78 bits per heavy atom. The van der Waals surface area contributed by atoms with Gasteiger partial charge in [-0.2, -0.15) is 0 Å². The van der Waals surface area contributed by atoms with Gasteiger partial charge in [0, 0.05) is 29.9 Å². The largest absolute Gasteiger partial charge is 0.326 e. The van der Waals surface area contributed by atoms with Gasteiger partial charge in [-0.1, -0.05) is 19.9 Å². The summed E-state index contributed by atoms with van der Waals surface area (Å²) < 4.78 is 0. The summed E-state index contributed by atoms with van der Waals surface area (Å²) in [5.74, 6) is 1.02. The van der Waals surface area contributed by atoms with Crippen LogP contribution in [0.3, 0.4) is 0 Å². The summed E-state index contributed by atoms with van der Waals surface area (Å²) in [6.45, 7) is 6.91. The van der Waals surface area contributed by atoms with Crippen molar-refractivity contribution in [1.29, 1.82) is 0 Å². The van der Waals surface area contributed by atoms with Crippen LogP contribution in [0.1, 0.15) is 19.5 Å². The fourth-order valence-corrected chi connectivity index (χ4v) is 3.29. The van der Waals surface area contributed by atoms with E-state index < -0.39 is 0 Å². The lowest BCUT2D eigenvalue weighted by atomic mass is 10.3. The highest BCUT2D eigenvalue weighted by atomic mass is 32.1. The molecular weight excluding hydrogens is 360 g/mol. The molecule has 0 spiro atoms. The number of amides is 2. The molecule has 0 saturated carbocycles. The van der Waals surface area contributed by atoms with Crippen LogP contribution >= 0.6 is 11.3 Å². The lowest BCUT2D eigenvalue weighted by molar-refractivity contribution is 0.262. The number of nitrogens with zero attached hydrogens (tertiary/aromatic N) is 4. The molecule has 3 rings (SSSR count). The van der Waals surface area contributed by atoms with Crippen LogP contribution in [0.5, 0.6) is 0 Å². The fraction of sp³-hybridized carbons (Fsp3) is 0.263. The van der Waals surface area contributed by atoms with Crippen LogP contribution in [-0.4, -0.2) is 39.0 Å². The fourth-order valence-electron chi connectivity index (χ4n) is 2.54. The van der Waals surface area contributed by atoms with Crippen LogP contribution in [0.15, 0.2) is 48.1 Å². The molecule has 140 valence electrons. The molecule has 0 atom stereocenters. The first-order valence-corrected chi connectivity index (χ1v) is 9.68. The van der Waals surface area contributed by atoms with Crippen LogP contribution in [0.25, 0.3) is 10.6 Å². The first-order valence-electron chi connectivity index (χ1n) is 8.80. The number of hydrogen-bond donors (Lipinski definition) is 2. The van der Waals surface area contributed by atoms with E-state index in [2.05, 4.69) is 44.3 Å². The van der Waals surface area contributed by atoms with Gasteiger partial charge in [-0.15, -0.1) is 11.3 Å². The average Bonchev–Trinajstić information content (AvgIpc) is 3.15. The summed E-state index contributed by atoms with van der Waals surface area (Å²) >= 11 is 1.46. The molecule has 0 aliphatic carbocycles. The third-order valence-electron chi connectivity index (χ3n) is 4.00. The SMILES string of the molecule is CCN(CC)Cc1cccc(NC(=O)Nc2csc(-c3ccncc3)n2)n1. The number of rotatable bonds is 7. The van der Waals surface area contributed by atoms with Gasteiger partial charge in [0.1, 0.15) is 16.6 Å². The first-order chi connectivity index (χ1) is 13.2. The van der Waals surface area contributed by atoms with E-state index in [0.717, 1.165) is 35.9 Å². The van der Waals surface area contributed by atoms with E-state index in [1.165, 1.54) is 11.3 Å². The molecule has 0 bridgehead atoms. The molecule has 0 saturated heterocycles. The predicted molar refractivity (Wildman–Crippen MR) is 109 cm³/mol. The highest BCUT2D eigenvalue weighted by Gasteiger charge is 2.09. The Labute approximate surface area is 162 Å². The number of anilines is 2. The van der Waals surface area contributed by atoms with Gasteiger partial charge in [-0.25, -0.2) is 14.8 Å². The first kappa shape index (κ1) is 18.9. The minimum atomic E-state index is -0.367. The molecule has 3 aromatic heterocycles. The van der Waals surface area contributed by atoms with Gasteiger partial charge < -0.3 is 0 Å². The van der Waals surface area contributed by atoms with Crippen LogP contribution in [0.2, 0.25) is 0 Å². The normalized spacial score (nSPS) is 10.8. The monoisotopic (exact) mass is 382 g/mol. The van der Waals surface area contributed by atoms with Gasteiger partial charge in [-0.05, 0) is 37.4 Å². The Kier molecular flexibility index (Phi) is 6.45. The molecule has 0 unspecified atom stereocenters. The van der Waals surface area contributed by atoms with Crippen molar-refractivity contribution in [2.24, 2.45) is 0 Å². The van der Waals surface area contributed by atoms with E-state index >= 15 is 0 Å². The van der Waals surface area contributed by atoms with Crippen molar-refractivity contribution in [3.05, 3.63) is 53.8 Å². The molecule has 3 heterocycles. The van der Waals surface area contributed by atoms with Crippen molar-refractivity contribution in [2.75, 3.05) is 23.7 Å². The van der Waals surface area contributed by atoms with Crippen LogP contribution < -0.4 is 10.6 Å². The minimum absolute atomic E-state index is 0.367. The predicted octanol–water partition coefficient (Wildman–Crippen LogP) is 4.09. The molecule has 2 amide bonds. The Bertz CT molecular complexity index is 879. The van der Waals surface area contributed by atoms with Crippen LogP contribution in [0, 0.1) is 0 Å². The van der Waals surface area contributed by atoms with Gasteiger partial charge in [0.2, 0.25) is 0 Å². The van der Waals surface area contributed by atoms with E-state index in [1.54, 1.807) is 23.8 Å². The Morgan fingerprint density at radius 3 is 2.52 bits per heavy atom. The number of hydrogen-bond acceptors (Lipinski definition) is 6. The smallest absolute Gasteiger partial charge is 0.298 e. The van der Waals surface area contributed by atoms with Crippen molar-refractivity contribution in [2.45, 2.75) is 20.4 Å². The van der Waals surface area contributed by atoms with Gasteiger partial charge in [0.15, 0.2) is 0 Å². The van der Waals surface area contributed by atoms with Crippen molar-refractivity contribution in [3.8, 4) is 10.6 Å². The number of urea groups is 1. The third-order valence-corrected chi connectivity index (χ3v) is 4.89. The number of pyridine rings is 2. The topological polar surface area (TPSA) is 83.0 Å². The number of carbonyl (C=O) groups is 1. The summed E-state index contributed by atoms with van der Waals surface area (Å²) in [6, 6.07) is 9.03. The number of thiazole rings is 1. The highest BCUT2D eigenvalue weighted by molar-refractivity contribution is 7.13. The standard InChI is InChI=1S/C19H22N6OS/c1-3-25(4-2)12-15-6-5-7-16(21-15)23-19(26)24-17-13-27-18(22-17)14-8-10-20-11-9-14/h5-11,13H,3-4,12H2,1-2H3,(H2,21,23,24,26). The lowest BCUT2D eigenvalue weighted by Gasteiger charge is -2.17. The number of nitrogens with one attached hydrogen (secondary N) is 2. The van der Waals surface area contributed by atoms with E-state index in [1.807, 2.05) is 24.3 Å². The zero-order valence-electron chi connectivity index (χ0n) is 15.3. The zero-order valence-corrected chi connectivity index (χ0v) is 16.2. The second-order valence-electron chi connectivity index (χ2n) is 5.83. The van der Waals surface area contributed by atoms with Crippen LogP contribution in [-0.2, 0) is 6.54 Å².